The number of carbonyl (C=O) groups excluding carboxylic acids is 2. The van der Waals surface area contributed by atoms with Crippen LogP contribution in [0.25, 0.3) is 0 Å². The lowest BCUT2D eigenvalue weighted by Crippen LogP contribution is -2.37. The summed E-state index contributed by atoms with van der Waals surface area (Å²) in [5, 5.41) is 2.28. The van der Waals surface area contributed by atoms with Crippen molar-refractivity contribution in [3.8, 4) is 0 Å². The molecule has 0 heterocycles. The third-order valence-electron chi connectivity index (χ3n) is 3.12. The molecule has 0 atom stereocenters. The number of alkyl halides is 3. The minimum absolute atomic E-state index is 0.0230. The lowest BCUT2D eigenvalue weighted by atomic mass is 10.2. The molecule has 0 aliphatic carbocycles. The first-order valence-corrected chi connectivity index (χ1v) is 7.44. The van der Waals surface area contributed by atoms with E-state index >= 15 is 0 Å². The van der Waals surface area contributed by atoms with Crippen molar-refractivity contribution in [3.63, 3.8) is 0 Å². The van der Waals surface area contributed by atoms with Gasteiger partial charge in [-0.15, -0.1) is 0 Å². The van der Waals surface area contributed by atoms with Crippen molar-refractivity contribution >= 4 is 29.1 Å². The van der Waals surface area contributed by atoms with E-state index in [1.807, 2.05) is 0 Å². The number of halogens is 4. The maximum atomic E-state index is 12.7. The molecule has 1 aromatic carbocycles. The Labute approximate surface area is 142 Å². The number of hydrogen-bond donors (Lipinski definition) is 1. The molecule has 134 valence electrons. The van der Waals surface area contributed by atoms with Crippen LogP contribution in [0.4, 0.5) is 18.9 Å². The summed E-state index contributed by atoms with van der Waals surface area (Å²) < 4.78 is 43.0. The van der Waals surface area contributed by atoms with Crippen LogP contribution in [-0.4, -0.2) is 43.5 Å². The van der Waals surface area contributed by atoms with Gasteiger partial charge in [-0.3, -0.25) is 9.59 Å². The van der Waals surface area contributed by atoms with Crippen molar-refractivity contribution in [2.75, 3.05) is 32.1 Å². The number of hydrogen-bond acceptors (Lipinski definition) is 3. The van der Waals surface area contributed by atoms with Crippen LogP contribution in [0.3, 0.4) is 0 Å². The summed E-state index contributed by atoms with van der Waals surface area (Å²) >= 11 is 5.81. The van der Waals surface area contributed by atoms with Gasteiger partial charge in [-0.25, -0.2) is 0 Å². The summed E-state index contributed by atoms with van der Waals surface area (Å²) in [6.07, 6.45) is -4.01. The van der Waals surface area contributed by atoms with E-state index in [0.29, 0.717) is 19.6 Å². The second-order valence-electron chi connectivity index (χ2n) is 5.03. The summed E-state index contributed by atoms with van der Waals surface area (Å²) in [6.45, 7) is 1.74. The van der Waals surface area contributed by atoms with Gasteiger partial charge in [0.15, 0.2) is 0 Å². The Morgan fingerprint density at radius 1 is 1.33 bits per heavy atom. The molecule has 0 radical (unpaired) electrons. The van der Waals surface area contributed by atoms with E-state index in [9.17, 15) is 22.8 Å². The molecule has 0 aromatic heterocycles. The molecule has 0 bridgehead atoms. The SMILES string of the molecule is COCCCN(CC(=O)Nc1cc(C(F)(F)F)ccc1Cl)C(C)=O. The first-order chi connectivity index (χ1) is 11.1. The maximum absolute atomic E-state index is 12.7. The Morgan fingerprint density at radius 2 is 2.00 bits per heavy atom. The average molecular weight is 367 g/mol. The minimum Gasteiger partial charge on any atom is -0.385 e. The van der Waals surface area contributed by atoms with Gasteiger partial charge in [-0.1, -0.05) is 11.6 Å². The lowest BCUT2D eigenvalue weighted by Gasteiger charge is -2.20. The second kappa shape index (κ2) is 8.89. The fraction of sp³-hybridized carbons (Fsp3) is 0.467. The molecular weight excluding hydrogens is 349 g/mol. The molecule has 0 aliphatic heterocycles. The molecule has 0 unspecified atom stereocenters. The van der Waals surface area contributed by atoms with Crippen LogP contribution in [-0.2, 0) is 20.5 Å². The van der Waals surface area contributed by atoms with Crippen molar-refractivity contribution in [2.45, 2.75) is 19.5 Å². The average Bonchev–Trinajstić information content (AvgIpc) is 2.47. The highest BCUT2D eigenvalue weighted by atomic mass is 35.5. The monoisotopic (exact) mass is 366 g/mol. The number of anilines is 1. The molecule has 0 spiro atoms. The number of methoxy groups -OCH3 is 1. The number of amides is 2. The van der Waals surface area contributed by atoms with E-state index in [1.165, 1.54) is 18.9 Å². The highest BCUT2D eigenvalue weighted by Gasteiger charge is 2.31. The number of benzene rings is 1. The van der Waals surface area contributed by atoms with E-state index in [-0.39, 0.29) is 23.2 Å². The Balaban J connectivity index is 2.77. The Hall–Kier alpha value is -1.80. The van der Waals surface area contributed by atoms with Gasteiger partial charge in [0.2, 0.25) is 11.8 Å². The molecule has 2 amide bonds. The van der Waals surface area contributed by atoms with Crippen molar-refractivity contribution in [1.29, 1.82) is 0 Å². The van der Waals surface area contributed by atoms with Gasteiger partial charge in [0.25, 0.3) is 0 Å². The van der Waals surface area contributed by atoms with Gasteiger partial charge in [0, 0.05) is 27.2 Å². The predicted molar refractivity (Wildman–Crippen MR) is 83.8 cm³/mol. The van der Waals surface area contributed by atoms with Crippen LogP contribution < -0.4 is 5.32 Å². The summed E-state index contributed by atoms with van der Waals surface area (Å²) in [6, 6.07) is 2.63. The van der Waals surface area contributed by atoms with E-state index in [4.69, 9.17) is 16.3 Å². The van der Waals surface area contributed by atoms with Crippen LogP contribution in [0.2, 0.25) is 5.02 Å². The Bertz CT molecular complexity index is 594. The van der Waals surface area contributed by atoms with E-state index in [1.54, 1.807) is 0 Å². The normalized spacial score (nSPS) is 11.2. The number of ether oxygens (including phenoxy) is 1. The molecule has 0 aliphatic rings. The quantitative estimate of drug-likeness (QED) is 0.754. The van der Waals surface area contributed by atoms with Crippen LogP contribution in [0.15, 0.2) is 18.2 Å². The number of nitrogens with one attached hydrogen (secondary N) is 1. The molecule has 0 saturated heterocycles. The molecule has 5 nitrogen and oxygen atoms in total. The Morgan fingerprint density at radius 3 is 2.54 bits per heavy atom. The van der Waals surface area contributed by atoms with Crippen LogP contribution in [0, 0.1) is 0 Å². The molecule has 9 heteroatoms. The van der Waals surface area contributed by atoms with Gasteiger partial charge < -0.3 is 15.0 Å². The predicted octanol–water partition coefficient (Wildman–Crippen LogP) is 3.18. The fourth-order valence-electron chi connectivity index (χ4n) is 1.91. The van der Waals surface area contributed by atoms with Crippen LogP contribution >= 0.6 is 11.6 Å². The zero-order valence-electron chi connectivity index (χ0n) is 13.2. The zero-order chi connectivity index (χ0) is 18.3. The Kier molecular flexibility index (Phi) is 7.50. The standard InChI is InChI=1S/C15H18ClF3N2O3/c1-10(22)21(6-3-7-24-2)9-14(23)20-13-8-11(15(17,18)19)4-5-12(13)16/h4-5,8H,3,6-7,9H2,1-2H3,(H,20,23). The van der Waals surface area contributed by atoms with Crippen molar-refractivity contribution in [1.82, 2.24) is 4.90 Å². The largest absolute Gasteiger partial charge is 0.416 e. The second-order valence-corrected chi connectivity index (χ2v) is 5.43. The van der Waals surface area contributed by atoms with Crippen LogP contribution in [0.1, 0.15) is 18.9 Å². The van der Waals surface area contributed by atoms with E-state index < -0.39 is 17.6 Å². The highest BCUT2D eigenvalue weighted by Crippen LogP contribution is 2.33. The van der Waals surface area contributed by atoms with Crippen molar-refractivity contribution in [3.05, 3.63) is 28.8 Å². The maximum Gasteiger partial charge on any atom is 0.416 e. The lowest BCUT2D eigenvalue weighted by molar-refractivity contribution is -0.137. The summed E-state index contributed by atoms with van der Waals surface area (Å²) in [4.78, 5) is 24.8. The summed E-state index contributed by atoms with van der Waals surface area (Å²) in [5.41, 5.74) is -1.08. The summed E-state index contributed by atoms with van der Waals surface area (Å²) in [7, 11) is 1.51. The van der Waals surface area contributed by atoms with Gasteiger partial charge in [-0.2, -0.15) is 13.2 Å². The molecular formula is C15H18ClF3N2O3. The van der Waals surface area contributed by atoms with Gasteiger partial charge in [0.1, 0.15) is 0 Å². The fourth-order valence-corrected chi connectivity index (χ4v) is 2.07. The number of rotatable bonds is 7. The molecule has 0 fully saturated rings. The highest BCUT2D eigenvalue weighted by molar-refractivity contribution is 6.33. The third-order valence-corrected chi connectivity index (χ3v) is 3.45. The van der Waals surface area contributed by atoms with Gasteiger partial charge in [-0.05, 0) is 24.6 Å². The molecule has 0 saturated carbocycles. The first-order valence-electron chi connectivity index (χ1n) is 7.06. The van der Waals surface area contributed by atoms with Gasteiger partial charge >= 0.3 is 6.18 Å². The van der Waals surface area contributed by atoms with E-state index in [0.717, 1.165) is 18.2 Å². The molecule has 1 rings (SSSR count). The minimum atomic E-state index is -4.55. The zero-order valence-corrected chi connectivity index (χ0v) is 14.0. The first kappa shape index (κ1) is 20.2. The topological polar surface area (TPSA) is 58.6 Å². The molecule has 1 N–H and O–H groups in total. The third kappa shape index (κ3) is 6.37. The number of carbonyl (C=O) groups is 2. The smallest absolute Gasteiger partial charge is 0.385 e. The molecule has 24 heavy (non-hydrogen) atoms. The summed E-state index contributed by atoms with van der Waals surface area (Å²) in [5.74, 6) is -0.958. The van der Waals surface area contributed by atoms with Crippen molar-refractivity contribution < 1.29 is 27.5 Å². The number of nitrogens with zero attached hydrogens (tertiary/aromatic N) is 1. The van der Waals surface area contributed by atoms with Gasteiger partial charge in [0.05, 0.1) is 22.8 Å². The van der Waals surface area contributed by atoms with E-state index in [2.05, 4.69) is 5.32 Å². The van der Waals surface area contributed by atoms with Crippen molar-refractivity contribution in [2.24, 2.45) is 0 Å². The molecule has 1 aromatic rings. The van der Waals surface area contributed by atoms with Crippen LogP contribution in [0.5, 0.6) is 0 Å².